The second-order valence-electron chi connectivity index (χ2n) is 4.55. The molecular weight excluding hydrogens is 232 g/mol. The Bertz CT molecular complexity index is 424. The highest BCUT2D eigenvalue weighted by Gasteiger charge is 2.26. The quantitative estimate of drug-likeness (QED) is 0.861. The molecular formula is C12H20N4O2. The number of nitrogens with two attached hydrogens (primary N) is 1. The second kappa shape index (κ2) is 5.39. The minimum Gasteiger partial charge on any atom is -0.396 e. The molecule has 0 aliphatic carbocycles. The molecule has 1 amide bonds. The maximum Gasteiger partial charge on any atom is 0.276 e. The molecule has 2 N–H and O–H groups in total. The van der Waals surface area contributed by atoms with E-state index in [9.17, 15) is 4.79 Å². The first kappa shape index (κ1) is 12.9. The van der Waals surface area contributed by atoms with Gasteiger partial charge in [0.05, 0.1) is 5.69 Å². The van der Waals surface area contributed by atoms with Crippen LogP contribution in [0, 0.1) is 0 Å². The molecule has 2 rings (SSSR count). The van der Waals surface area contributed by atoms with Crippen molar-refractivity contribution in [3.8, 4) is 0 Å². The van der Waals surface area contributed by atoms with Gasteiger partial charge in [0.1, 0.15) is 0 Å². The Morgan fingerprint density at radius 1 is 1.61 bits per heavy atom. The minimum absolute atomic E-state index is 0.105. The van der Waals surface area contributed by atoms with Crippen LogP contribution < -0.4 is 5.73 Å². The highest BCUT2D eigenvalue weighted by molar-refractivity contribution is 5.97. The van der Waals surface area contributed by atoms with Gasteiger partial charge in [-0.25, -0.2) is 0 Å². The molecule has 1 aromatic rings. The molecule has 0 aromatic carbocycles. The smallest absolute Gasteiger partial charge is 0.276 e. The van der Waals surface area contributed by atoms with Crippen molar-refractivity contribution in [1.29, 1.82) is 0 Å². The van der Waals surface area contributed by atoms with Crippen LogP contribution >= 0.6 is 0 Å². The van der Waals surface area contributed by atoms with Crippen molar-refractivity contribution in [3.63, 3.8) is 0 Å². The maximum absolute atomic E-state index is 12.3. The van der Waals surface area contributed by atoms with E-state index in [0.29, 0.717) is 31.1 Å². The minimum atomic E-state index is -0.105. The molecule has 1 saturated heterocycles. The zero-order chi connectivity index (χ0) is 13.1. The Balaban J connectivity index is 2.11. The van der Waals surface area contributed by atoms with Gasteiger partial charge in [-0.1, -0.05) is 0 Å². The number of aromatic nitrogens is 2. The third-order valence-corrected chi connectivity index (χ3v) is 3.38. The van der Waals surface area contributed by atoms with Crippen molar-refractivity contribution in [2.24, 2.45) is 0 Å². The Morgan fingerprint density at radius 3 is 2.83 bits per heavy atom. The van der Waals surface area contributed by atoms with Gasteiger partial charge in [-0.15, -0.1) is 0 Å². The van der Waals surface area contributed by atoms with Gasteiger partial charge in [0.25, 0.3) is 5.91 Å². The van der Waals surface area contributed by atoms with E-state index in [0.717, 1.165) is 12.8 Å². The van der Waals surface area contributed by atoms with Crippen LogP contribution in [0.25, 0.3) is 0 Å². The summed E-state index contributed by atoms with van der Waals surface area (Å²) in [4.78, 5) is 14.1. The van der Waals surface area contributed by atoms with Crippen molar-refractivity contribution in [2.75, 3.05) is 26.0 Å². The van der Waals surface area contributed by atoms with E-state index < -0.39 is 0 Å². The monoisotopic (exact) mass is 252 g/mol. The summed E-state index contributed by atoms with van der Waals surface area (Å²) in [6.07, 6.45) is 3.44. The van der Waals surface area contributed by atoms with E-state index in [2.05, 4.69) is 5.10 Å². The zero-order valence-electron chi connectivity index (χ0n) is 10.9. The van der Waals surface area contributed by atoms with E-state index in [1.807, 2.05) is 14.0 Å². The molecule has 0 bridgehead atoms. The summed E-state index contributed by atoms with van der Waals surface area (Å²) >= 11 is 0. The van der Waals surface area contributed by atoms with Crippen LogP contribution in [0.4, 0.5) is 5.69 Å². The number of nitrogen functional groups attached to an aromatic ring is 1. The van der Waals surface area contributed by atoms with Gasteiger partial charge >= 0.3 is 0 Å². The molecule has 0 atom stereocenters. The first-order valence-corrected chi connectivity index (χ1v) is 6.31. The van der Waals surface area contributed by atoms with E-state index in [1.165, 1.54) is 0 Å². The summed E-state index contributed by atoms with van der Waals surface area (Å²) in [5, 5.41) is 4.21. The number of hydrogen-bond acceptors (Lipinski definition) is 4. The van der Waals surface area contributed by atoms with E-state index >= 15 is 0 Å². The number of aryl methyl sites for hydroxylation is 1. The normalized spacial score (nSPS) is 16.8. The zero-order valence-corrected chi connectivity index (χ0v) is 10.9. The second-order valence-corrected chi connectivity index (χ2v) is 4.55. The number of ether oxygens (including phenoxy) is 1. The standard InChI is InChI=1S/C12H20N4O2/c1-3-16-8-10(13)11(14-16)12(17)15(2)9-4-6-18-7-5-9/h8-9H,3-7,13H2,1-2H3. The topological polar surface area (TPSA) is 73.4 Å². The lowest BCUT2D eigenvalue weighted by Gasteiger charge is -2.30. The fourth-order valence-corrected chi connectivity index (χ4v) is 2.17. The number of amides is 1. The first-order chi connectivity index (χ1) is 8.63. The summed E-state index contributed by atoms with van der Waals surface area (Å²) in [6, 6.07) is 0.220. The van der Waals surface area contributed by atoms with Gasteiger partial charge in [0.2, 0.25) is 0 Å². The van der Waals surface area contributed by atoms with E-state index in [1.54, 1.807) is 15.8 Å². The fourth-order valence-electron chi connectivity index (χ4n) is 2.17. The molecule has 1 aromatic heterocycles. The van der Waals surface area contributed by atoms with Gasteiger partial charge in [0, 0.05) is 39.0 Å². The lowest BCUT2D eigenvalue weighted by Crippen LogP contribution is -2.41. The Kier molecular flexibility index (Phi) is 3.86. The largest absolute Gasteiger partial charge is 0.396 e. The molecule has 6 heteroatoms. The number of nitrogens with zero attached hydrogens (tertiary/aromatic N) is 3. The van der Waals surface area contributed by atoms with Crippen LogP contribution in [-0.2, 0) is 11.3 Å². The van der Waals surface area contributed by atoms with Gasteiger partial charge in [0.15, 0.2) is 5.69 Å². The first-order valence-electron chi connectivity index (χ1n) is 6.31. The average Bonchev–Trinajstić information content (AvgIpc) is 2.79. The van der Waals surface area contributed by atoms with Gasteiger partial charge in [-0.2, -0.15) is 5.10 Å². The molecule has 0 radical (unpaired) electrons. The van der Waals surface area contributed by atoms with Crippen LogP contribution in [0.5, 0.6) is 0 Å². The van der Waals surface area contributed by atoms with Gasteiger partial charge in [-0.05, 0) is 19.8 Å². The number of carbonyl (C=O) groups is 1. The highest BCUT2D eigenvalue weighted by atomic mass is 16.5. The third-order valence-electron chi connectivity index (χ3n) is 3.38. The van der Waals surface area contributed by atoms with Crippen molar-refractivity contribution in [1.82, 2.24) is 14.7 Å². The maximum atomic E-state index is 12.3. The summed E-state index contributed by atoms with van der Waals surface area (Å²) in [5.41, 5.74) is 6.63. The molecule has 1 aliphatic rings. The Morgan fingerprint density at radius 2 is 2.28 bits per heavy atom. The third kappa shape index (κ3) is 2.48. The molecule has 1 aliphatic heterocycles. The number of anilines is 1. The molecule has 6 nitrogen and oxygen atoms in total. The molecule has 1 fully saturated rings. The molecule has 0 unspecified atom stereocenters. The Hall–Kier alpha value is -1.56. The number of hydrogen-bond donors (Lipinski definition) is 1. The van der Waals surface area contributed by atoms with Crippen molar-refractivity contribution in [3.05, 3.63) is 11.9 Å². The van der Waals surface area contributed by atoms with Crippen LogP contribution in [0.3, 0.4) is 0 Å². The predicted octanol–water partition coefficient (Wildman–Crippen LogP) is 0.736. The molecule has 100 valence electrons. The molecule has 2 heterocycles. The predicted molar refractivity (Wildman–Crippen MR) is 68.2 cm³/mol. The fraction of sp³-hybridized carbons (Fsp3) is 0.667. The number of carbonyl (C=O) groups excluding carboxylic acids is 1. The highest BCUT2D eigenvalue weighted by Crippen LogP contribution is 2.18. The van der Waals surface area contributed by atoms with E-state index in [-0.39, 0.29) is 11.9 Å². The molecule has 0 saturated carbocycles. The van der Waals surface area contributed by atoms with Gasteiger partial charge < -0.3 is 15.4 Å². The molecule has 0 spiro atoms. The summed E-state index contributed by atoms with van der Waals surface area (Å²) < 4.78 is 6.98. The summed E-state index contributed by atoms with van der Waals surface area (Å²) in [7, 11) is 1.81. The van der Waals surface area contributed by atoms with Crippen LogP contribution in [0.1, 0.15) is 30.3 Å². The van der Waals surface area contributed by atoms with Gasteiger partial charge in [-0.3, -0.25) is 9.48 Å². The lowest BCUT2D eigenvalue weighted by atomic mass is 10.1. The van der Waals surface area contributed by atoms with Crippen molar-refractivity contribution < 1.29 is 9.53 Å². The SMILES string of the molecule is CCn1cc(N)c(C(=O)N(C)C2CCOCC2)n1. The van der Waals surface area contributed by atoms with E-state index in [4.69, 9.17) is 10.5 Å². The van der Waals surface area contributed by atoms with Crippen LogP contribution in [-0.4, -0.2) is 46.9 Å². The van der Waals surface area contributed by atoms with Crippen molar-refractivity contribution in [2.45, 2.75) is 32.4 Å². The van der Waals surface area contributed by atoms with Crippen LogP contribution in [0.2, 0.25) is 0 Å². The lowest BCUT2D eigenvalue weighted by molar-refractivity contribution is 0.0359. The van der Waals surface area contributed by atoms with Crippen molar-refractivity contribution >= 4 is 11.6 Å². The van der Waals surface area contributed by atoms with Crippen LogP contribution in [0.15, 0.2) is 6.20 Å². The number of rotatable bonds is 3. The average molecular weight is 252 g/mol. The molecule has 18 heavy (non-hydrogen) atoms. The summed E-state index contributed by atoms with van der Waals surface area (Å²) in [6.45, 7) is 4.09. The summed E-state index contributed by atoms with van der Waals surface area (Å²) in [5.74, 6) is -0.105. The Labute approximate surface area is 107 Å².